The second-order valence-electron chi connectivity index (χ2n) is 8.78. The molecule has 0 aliphatic heterocycles. The summed E-state index contributed by atoms with van der Waals surface area (Å²) in [6.07, 6.45) is 5.11. The number of rotatable bonds is 7. The molecule has 3 amide bonds. The van der Waals surface area contributed by atoms with Crippen molar-refractivity contribution in [3.63, 3.8) is 0 Å². The molecule has 1 atom stereocenters. The van der Waals surface area contributed by atoms with Gasteiger partial charge in [-0.15, -0.1) is 0 Å². The number of hydrogen-bond donors (Lipinski definition) is 3. The van der Waals surface area contributed by atoms with E-state index in [1.54, 1.807) is 13.8 Å². The molecule has 0 unspecified atom stereocenters. The lowest BCUT2D eigenvalue weighted by Crippen LogP contribution is -2.47. The zero-order valence-corrected chi connectivity index (χ0v) is 19.8. The Hall–Kier alpha value is -3.00. The van der Waals surface area contributed by atoms with Crippen molar-refractivity contribution in [3.8, 4) is 0 Å². The maximum Gasteiger partial charge on any atom is 0.257 e. The van der Waals surface area contributed by atoms with Gasteiger partial charge in [-0.2, -0.15) is 0 Å². The number of carbonyl (C=O) groups is 3. The largest absolute Gasteiger partial charge is 0.349 e. The van der Waals surface area contributed by atoms with Crippen molar-refractivity contribution in [2.45, 2.75) is 58.0 Å². The van der Waals surface area contributed by atoms with Crippen LogP contribution in [0.5, 0.6) is 0 Å². The summed E-state index contributed by atoms with van der Waals surface area (Å²) < 4.78 is 27.9. The van der Waals surface area contributed by atoms with Crippen LogP contribution in [0.25, 0.3) is 0 Å². The predicted molar refractivity (Wildman–Crippen MR) is 127 cm³/mol. The predicted octanol–water partition coefficient (Wildman–Crippen LogP) is 5.07. The van der Waals surface area contributed by atoms with Crippen molar-refractivity contribution in [3.05, 3.63) is 64.2 Å². The summed E-state index contributed by atoms with van der Waals surface area (Å²) in [6.45, 7) is 3.38. The molecule has 3 rings (SSSR count). The molecule has 6 nitrogen and oxygen atoms in total. The van der Waals surface area contributed by atoms with Crippen LogP contribution in [0, 0.1) is 17.6 Å². The molecule has 1 aliphatic carbocycles. The average molecular weight is 492 g/mol. The first-order chi connectivity index (χ1) is 16.2. The van der Waals surface area contributed by atoms with Gasteiger partial charge in [0.15, 0.2) is 0 Å². The van der Waals surface area contributed by atoms with Crippen molar-refractivity contribution >= 4 is 35.0 Å². The van der Waals surface area contributed by atoms with Gasteiger partial charge >= 0.3 is 0 Å². The van der Waals surface area contributed by atoms with E-state index in [-0.39, 0.29) is 28.5 Å². The second kappa shape index (κ2) is 11.4. The number of benzene rings is 2. The smallest absolute Gasteiger partial charge is 0.257 e. The Morgan fingerprint density at radius 3 is 2.24 bits per heavy atom. The Bertz CT molecular complexity index is 1050. The van der Waals surface area contributed by atoms with Crippen LogP contribution in [0.15, 0.2) is 36.4 Å². The number of hydrogen-bond acceptors (Lipinski definition) is 3. The fourth-order valence-corrected chi connectivity index (χ4v) is 4.17. The number of amides is 3. The van der Waals surface area contributed by atoms with E-state index in [1.165, 1.54) is 18.2 Å². The highest BCUT2D eigenvalue weighted by molar-refractivity contribution is 6.34. The lowest BCUT2D eigenvalue weighted by Gasteiger charge is -2.23. The highest BCUT2D eigenvalue weighted by Gasteiger charge is 2.28. The topological polar surface area (TPSA) is 87.3 Å². The molecule has 0 aromatic heterocycles. The van der Waals surface area contributed by atoms with Crippen molar-refractivity contribution in [1.29, 1.82) is 0 Å². The minimum Gasteiger partial charge on any atom is -0.349 e. The Morgan fingerprint density at radius 2 is 1.62 bits per heavy atom. The maximum absolute atomic E-state index is 14.0. The van der Waals surface area contributed by atoms with E-state index >= 15 is 0 Å². The monoisotopic (exact) mass is 491 g/mol. The summed E-state index contributed by atoms with van der Waals surface area (Å²) in [5.74, 6) is -4.38. The third-order valence-electron chi connectivity index (χ3n) is 5.84. The first-order valence-electron chi connectivity index (χ1n) is 11.3. The zero-order chi connectivity index (χ0) is 24.8. The summed E-state index contributed by atoms with van der Waals surface area (Å²) in [5.41, 5.74) is -0.224. The van der Waals surface area contributed by atoms with Crippen molar-refractivity contribution in [2.75, 3.05) is 5.32 Å². The van der Waals surface area contributed by atoms with Gasteiger partial charge in [0, 0.05) is 11.7 Å². The van der Waals surface area contributed by atoms with Gasteiger partial charge in [-0.25, -0.2) is 8.78 Å². The van der Waals surface area contributed by atoms with Crippen LogP contribution < -0.4 is 16.0 Å². The first kappa shape index (κ1) is 25.6. The molecule has 0 saturated heterocycles. The maximum atomic E-state index is 14.0. The van der Waals surface area contributed by atoms with Crippen LogP contribution in [-0.4, -0.2) is 29.8 Å². The van der Waals surface area contributed by atoms with Gasteiger partial charge in [-0.1, -0.05) is 50.8 Å². The van der Waals surface area contributed by atoms with Gasteiger partial charge in [0.1, 0.15) is 23.2 Å². The average Bonchev–Trinajstić information content (AvgIpc) is 2.79. The minimum absolute atomic E-state index is 0.0925. The van der Waals surface area contributed by atoms with E-state index in [0.717, 1.165) is 50.3 Å². The van der Waals surface area contributed by atoms with Gasteiger partial charge in [-0.05, 0) is 49.1 Å². The summed E-state index contributed by atoms with van der Waals surface area (Å²) >= 11 is 6.22. The molecule has 182 valence electrons. The zero-order valence-electron chi connectivity index (χ0n) is 19.1. The van der Waals surface area contributed by atoms with Crippen LogP contribution in [0.4, 0.5) is 14.5 Å². The molecule has 3 N–H and O–H groups in total. The number of carbonyl (C=O) groups excluding carboxylic acids is 3. The number of nitrogens with one attached hydrogen (secondary N) is 3. The molecular formula is C25H28ClF2N3O3. The SMILES string of the molecule is CC(C)[C@H](NC(=O)c1c(F)cccc1F)C(=O)Nc1ccc(Cl)c(C(=O)NC2CCCCC2)c1. The lowest BCUT2D eigenvalue weighted by atomic mass is 9.95. The Morgan fingerprint density at radius 1 is 0.971 bits per heavy atom. The Balaban J connectivity index is 1.72. The van der Waals surface area contributed by atoms with Gasteiger partial charge < -0.3 is 16.0 Å². The Kier molecular flexibility index (Phi) is 8.61. The van der Waals surface area contributed by atoms with Crippen molar-refractivity contribution < 1.29 is 23.2 Å². The van der Waals surface area contributed by atoms with Crippen LogP contribution in [0.1, 0.15) is 66.7 Å². The summed E-state index contributed by atoms with van der Waals surface area (Å²) in [4.78, 5) is 38.2. The van der Waals surface area contributed by atoms with E-state index < -0.39 is 35.1 Å². The first-order valence-corrected chi connectivity index (χ1v) is 11.7. The summed E-state index contributed by atoms with van der Waals surface area (Å²) in [7, 11) is 0. The minimum atomic E-state index is -1.08. The normalized spacial score (nSPS) is 15.0. The molecule has 1 saturated carbocycles. The summed E-state index contributed by atoms with van der Waals surface area (Å²) in [6, 6.07) is 6.60. The van der Waals surface area contributed by atoms with Crippen LogP contribution >= 0.6 is 11.6 Å². The molecule has 1 aliphatic rings. The lowest BCUT2D eigenvalue weighted by molar-refractivity contribution is -0.118. The van der Waals surface area contributed by atoms with Gasteiger partial charge in [-0.3, -0.25) is 14.4 Å². The molecule has 9 heteroatoms. The molecule has 0 heterocycles. The molecule has 0 spiro atoms. The fourth-order valence-electron chi connectivity index (χ4n) is 3.97. The van der Waals surface area contributed by atoms with Crippen LogP contribution in [0.2, 0.25) is 5.02 Å². The van der Waals surface area contributed by atoms with E-state index in [2.05, 4.69) is 16.0 Å². The van der Waals surface area contributed by atoms with E-state index in [1.807, 2.05) is 0 Å². The molecule has 2 aromatic rings. The highest BCUT2D eigenvalue weighted by atomic mass is 35.5. The van der Waals surface area contributed by atoms with Gasteiger partial charge in [0.05, 0.1) is 10.6 Å². The molecule has 34 heavy (non-hydrogen) atoms. The highest BCUT2D eigenvalue weighted by Crippen LogP contribution is 2.23. The fraction of sp³-hybridized carbons (Fsp3) is 0.400. The quantitative estimate of drug-likeness (QED) is 0.505. The van der Waals surface area contributed by atoms with Crippen LogP contribution in [0.3, 0.4) is 0 Å². The Labute approximate surface area is 202 Å². The standard InChI is InChI=1S/C25H28ClF2N3O3/c1-14(2)22(31-24(33)21-19(27)9-6-10-20(21)28)25(34)30-16-11-12-18(26)17(13-16)23(32)29-15-7-4-3-5-8-15/h6,9-15,22H,3-5,7-8H2,1-2H3,(H,29,32)(H,30,34)(H,31,33)/t22-/m0/s1. The van der Waals surface area contributed by atoms with E-state index in [4.69, 9.17) is 11.6 Å². The van der Waals surface area contributed by atoms with Crippen molar-refractivity contribution in [1.82, 2.24) is 10.6 Å². The van der Waals surface area contributed by atoms with Gasteiger partial charge in [0.2, 0.25) is 5.91 Å². The third-order valence-corrected chi connectivity index (χ3v) is 6.17. The van der Waals surface area contributed by atoms with E-state index in [9.17, 15) is 23.2 Å². The van der Waals surface area contributed by atoms with Gasteiger partial charge in [0.25, 0.3) is 11.8 Å². The number of halogens is 3. The number of anilines is 1. The molecule has 0 bridgehead atoms. The molecule has 0 radical (unpaired) electrons. The van der Waals surface area contributed by atoms with E-state index in [0.29, 0.717) is 5.69 Å². The molecular weight excluding hydrogens is 464 g/mol. The third kappa shape index (κ3) is 6.32. The van der Waals surface area contributed by atoms with Crippen molar-refractivity contribution in [2.24, 2.45) is 5.92 Å². The summed E-state index contributed by atoms with van der Waals surface area (Å²) in [5, 5.41) is 8.29. The molecule has 2 aromatic carbocycles. The van der Waals surface area contributed by atoms with Crippen LogP contribution in [-0.2, 0) is 4.79 Å². The second-order valence-corrected chi connectivity index (χ2v) is 9.19. The molecule has 1 fully saturated rings.